The van der Waals surface area contributed by atoms with Gasteiger partial charge in [0.05, 0.1) is 6.33 Å². The molecule has 0 spiro atoms. The van der Waals surface area contributed by atoms with Crippen LogP contribution in [-0.4, -0.2) is 44.0 Å². The number of aromatic nitrogens is 4. The molecule has 3 rings (SSSR count). The fourth-order valence-electron chi connectivity index (χ4n) is 2.89. The van der Waals surface area contributed by atoms with E-state index >= 15 is 0 Å². The van der Waals surface area contributed by atoms with Crippen molar-refractivity contribution in [3.05, 3.63) is 6.33 Å². The Balaban J connectivity index is 1.89. The van der Waals surface area contributed by atoms with Gasteiger partial charge in [-0.2, -0.15) is 21.7 Å². The van der Waals surface area contributed by atoms with Crippen LogP contribution in [0.2, 0.25) is 0 Å². The van der Waals surface area contributed by atoms with Crippen LogP contribution in [0.4, 0.5) is 11.8 Å². The van der Waals surface area contributed by atoms with Crippen LogP contribution in [0.25, 0.3) is 11.2 Å². The van der Waals surface area contributed by atoms with Gasteiger partial charge in [-0.05, 0) is 26.0 Å². The molecule has 1 aliphatic rings. The maximum absolute atomic E-state index is 4.61. The van der Waals surface area contributed by atoms with Crippen LogP contribution in [0.3, 0.4) is 0 Å². The smallest absolute Gasteiger partial charge is 0.226 e. The zero-order chi connectivity index (χ0) is 14.7. The second-order valence-electron chi connectivity index (χ2n) is 5.34. The molecule has 6 nitrogen and oxygen atoms in total. The number of H-pyrrole nitrogens is 1. The molecule has 7 heteroatoms. The van der Waals surface area contributed by atoms with Crippen molar-refractivity contribution in [1.29, 1.82) is 0 Å². The lowest BCUT2D eigenvalue weighted by atomic mass is 9.95. The summed E-state index contributed by atoms with van der Waals surface area (Å²) in [6, 6.07) is 0.463. The Morgan fingerprint density at radius 1 is 1.33 bits per heavy atom. The fraction of sp³-hybridized carbons (Fsp3) is 0.643. The van der Waals surface area contributed by atoms with Crippen molar-refractivity contribution in [3.63, 3.8) is 0 Å². The molecule has 0 bridgehead atoms. The largest absolute Gasteiger partial charge is 0.364 e. The average molecular weight is 306 g/mol. The fourth-order valence-corrected chi connectivity index (χ4v) is 3.83. The number of anilines is 2. The minimum absolute atomic E-state index is 0.463. The summed E-state index contributed by atoms with van der Waals surface area (Å²) in [4.78, 5) is 16.4. The number of fused-ring (bicyclic) bond motifs is 1. The van der Waals surface area contributed by atoms with Crippen LogP contribution in [-0.2, 0) is 0 Å². The summed E-state index contributed by atoms with van der Waals surface area (Å²) in [5, 5.41) is 7.45. The van der Waals surface area contributed by atoms with E-state index in [1.807, 2.05) is 18.7 Å². The van der Waals surface area contributed by atoms with Crippen LogP contribution in [0.15, 0.2) is 6.33 Å². The summed E-state index contributed by atoms with van der Waals surface area (Å²) in [6.45, 7) is 2.84. The van der Waals surface area contributed by atoms with E-state index in [9.17, 15) is 0 Å². The Morgan fingerprint density at radius 3 is 3.00 bits per heavy atom. The maximum atomic E-state index is 4.61. The van der Waals surface area contributed by atoms with E-state index in [-0.39, 0.29) is 0 Å². The van der Waals surface area contributed by atoms with Crippen molar-refractivity contribution in [1.82, 2.24) is 19.9 Å². The summed E-state index contributed by atoms with van der Waals surface area (Å²) < 4.78 is 0. The van der Waals surface area contributed by atoms with Crippen molar-refractivity contribution in [2.24, 2.45) is 0 Å². The number of rotatable bonds is 5. The van der Waals surface area contributed by atoms with Gasteiger partial charge in [0, 0.05) is 17.8 Å². The number of aromatic amines is 1. The normalized spacial score (nSPS) is 22.4. The highest BCUT2D eigenvalue weighted by Gasteiger charge is 2.25. The van der Waals surface area contributed by atoms with E-state index in [2.05, 4.69) is 36.8 Å². The van der Waals surface area contributed by atoms with Crippen LogP contribution >= 0.6 is 11.8 Å². The lowest BCUT2D eigenvalue weighted by molar-refractivity contribution is 0.474. The van der Waals surface area contributed by atoms with Crippen molar-refractivity contribution >= 4 is 34.7 Å². The first-order valence-corrected chi connectivity index (χ1v) is 8.85. The van der Waals surface area contributed by atoms with Gasteiger partial charge in [-0.15, -0.1) is 0 Å². The summed E-state index contributed by atoms with van der Waals surface area (Å²) in [6.07, 6.45) is 8.95. The van der Waals surface area contributed by atoms with Crippen molar-refractivity contribution in [3.8, 4) is 0 Å². The highest BCUT2D eigenvalue weighted by molar-refractivity contribution is 7.99. The molecule has 21 heavy (non-hydrogen) atoms. The number of thioether (sulfide) groups is 1. The molecule has 0 aromatic carbocycles. The zero-order valence-electron chi connectivity index (χ0n) is 12.5. The van der Waals surface area contributed by atoms with Gasteiger partial charge in [0.1, 0.15) is 5.52 Å². The average Bonchev–Trinajstić information content (AvgIpc) is 2.97. The van der Waals surface area contributed by atoms with Crippen LogP contribution in [0.5, 0.6) is 0 Å². The monoisotopic (exact) mass is 306 g/mol. The minimum Gasteiger partial charge on any atom is -0.364 e. The first-order chi connectivity index (χ1) is 10.3. The molecule has 2 aromatic rings. The molecule has 2 heterocycles. The Labute approximate surface area is 128 Å². The molecule has 114 valence electrons. The summed E-state index contributed by atoms with van der Waals surface area (Å²) in [5.74, 6) is 1.50. The lowest BCUT2D eigenvalue weighted by Crippen LogP contribution is -2.34. The van der Waals surface area contributed by atoms with Gasteiger partial charge >= 0.3 is 0 Å². The molecular formula is C14H22N6S. The van der Waals surface area contributed by atoms with Crippen molar-refractivity contribution in [2.45, 2.75) is 43.9 Å². The molecule has 3 N–H and O–H groups in total. The third-order valence-corrected chi connectivity index (χ3v) is 5.12. The molecule has 0 amide bonds. The molecule has 2 unspecified atom stereocenters. The van der Waals surface area contributed by atoms with Gasteiger partial charge < -0.3 is 15.6 Å². The SMILES string of the molecule is CCNc1nc(NC2CCCCC2SC)c2[nH]cnc2n1. The summed E-state index contributed by atoms with van der Waals surface area (Å²) in [5.41, 5.74) is 1.60. The number of nitrogens with one attached hydrogen (secondary N) is 3. The Morgan fingerprint density at radius 2 is 2.19 bits per heavy atom. The van der Waals surface area contributed by atoms with Gasteiger partial charge in [-0.25, -0.2) is 4.98 Å². The van der Waals surface area contributed by atoms with Gasteiger partial charge in [0.15, 0.2) is 11.5 Å². The second-order valence-corrected chi connectivity index (χ2v) is 6.41. The zero-order valence-corrected chi connectivity index (χ0v) is 13.3. The quantitative estimate of drug-likeness (QED) is 0.788. The van der Waals surface area contributed by atoms with E-state index in [1.165, 1.54) is 25.7 Å². The van der Waals surface area contributed by atoms with Gasteiger partial charge in [0.25, 0.3) is 0 Å². The van der Waals surface area contributed by atoms with Gasteiger partial charge in [-0.1, -0.05) is 12.8 Å². The highest BCUT2D eigenvalue weighted by atomic mass is 32.2. The first kappa shape index (κ1) is 14.4. The van der Waals surface area contributed by atoms with Crippen molar-refractivity contribution in [2.75, 3.05) is 23.4 Å². The Kier molecular flexibility index (Phi) is 4.48. The summed E-state index contributed by atoms with van der Waals surface area (Å²) in [7, 11) is 0. The lowest BCUT2D eigenvalue weighted by Gasteiger charge is -2.31. The first-order valence-electron chi connectivity index (χ1n) is 7.56. The summed E-state index contributed by atoms with van der Waals surface area (Å²) >= 11 is 1.95. The van der Waals surface area contributed by atoms with E-state index in [0.717, 1.165) is 17.9 Å². The number of nitrogens with zero attached hydrogens (tertiary/aromatic N) is 3. The number of hydrogen-bond donors (Lipinski definition) is 3. The standard InChI is InChI=1S/C14H22N6S/c1-3-15-14-19-12-11(16-8-17-12)13(20-14)18-9-6-4-5-7-10(9)21-2/h8-10H,3-7H2,1-2H3,(H3,15,16,17,18,19,20). The number of hydrogen-bond acceptors (Lipinski definition) is 6. The molecular weight excluding hydrogens is 284 g/mol. The second kappa shape index (κ2) is 6.51. The van der Waals surface area contributed by atoms with Crippen LogP contribution in [0.1, 0.15) is 32.6 Å². The van der Waals surface area contributed by atoms with Crippen molar-refractivity contribution < 1.29 is 0 Å². The maximum Gasteiger partial charge on any atom is 0.226 e. The predicted octanol–water partition coefficient (Wildman–Crippen LogP) is 2.87. The van der Waals surface area contributed by atoms with E-state index in [0.29, 0.717) is 22.9 Å². The predicted molar refractivity (Wildman–Crippen MR) is 89.0 cm³/mol. The molecule has 1 fully saturated rings. The molecule has 0 saturated heterocycles. The van der Waals surface area contributed by atoms with E-state index in [4.69, 9.17) is 0 Å². The minimum atomic E-state index is 0.463. The Bertz CT molecular complexity index is 598. The molecule has 0 aliphatic heterocycles. The van der Waals surface area contributed by atoms with Crippen LogP contribution in [0, 0.1) is 0 Å². The van der Waals surface area contributed by atoms with E-state index in [1.54, 1.807) is 6.33 Å². The van der Waals surface area contributed by atoms with E-state index < -0.39 is 0 Å². The van der Waals surface area contributed by atoms with Crippen LogP contribution < -0.4 is 10.6 Å². The molecule has 2 aromatic heterocycles. The molecule has 2 atom stereocenters. The third-order valence-electron chi connectivity index (χ3n) is 3.95. The Hall–Kier alpha value is -1.50. The van der Waals surface area contributed by atoms with Gasteiger partial charge in [0.2, 0.25) is 5.95 Å². The molecule has 1 saturated carbocycles. The molecule has 0 radical (unpaired) electrons. The van der Waals surface area contributed by atoms with Gasteiger partial charge in [-0.3, -0.25) is 0 Å². The topological polar surface area (TPSA) is 78.5 Å². The molecule has 1 aliphatic carbocycles. The number of imidazole rings is 1. The highest BCUT2D eigenvalue weighted by Crippen LogP contribution is 2.30. The third kappa shape index (κ3) is 3.07.